The molecule has 0 bridgehead atoms. The van der Waals surface area contributed by atoms with Crippen molar-refractivity contribution >= 4 is 28.9 Å². The molecule has 0 aliphatic carbocycles. The van der Waals surface area contributed by atoms with Crippen molar-refractivity contribution in [2.75, 3.05) is 11.9 Å². The highest BCUT2D eigenvalue weighted by molar-refractivity contribution is 7.80. The van der Waals surface area contributed by atoms with Crippen molar-refractivity contribution in [3.63, 3.8) is 0 Å². The number of hydrogen-bond donors (Lipinski definition) is 2. The third kappa shape index (κ3) is 4.83. The molecule has 1 saturated heterocycles. The van der Waals surface area contributed by atoms with Gasteiger partial charge in [0, 0.05) is 37.3 Å². The largest absolute Gasteiger partial charge is 0.352 e. The topological polar surface area (TPSA) is 75.1 Å². The Bertz CT molecular complexity index is 1370. The number of pyridine rings is 2. The van der Waals surface area contributed by atoms with Gasteiger partial charge in [-0.05, 0) is 67.2 Å². The van der Waals surface area contributed by atoms with E-state index in [9.17, 15) is 9.18 Å². The minimum Gasteiger partial charge on any atom is -0.352 e. The summed E-state index contributed by atoms with van der Waals surface area (Å²) < 4.78 is 16.0. The predicted molar refractivity (Wildman–Crippen MR) is 140 cm³/mol. The van der Waals surface area contributed by atoms with Gasteiger partial charge >= 0.3 is 0 Å². The van der Waals surface area contributed by atoms with Gasteiger partial charge in [0.05, 0.1) is 23.5 Å². The van der Waals surface area contributed by atoms with Gasteiger partial charge in [0.25, 0.3) is 0 Å². The first-order valence-electron chi connectivity index (χ1n) is 11.6. The summed E-state index contributed by atoms with van der Waals surface area (Å²) in [7, 11) is 0. The molecule has 3 aromatic heterocycles. The number of para-hydroxylation sites is 1. The van der Waals surface area contributed by atoms with Crippen LogP contribution in [0.25, 0.3) is 5.82 Å². The number of hydrogen-bond acceptors (Lipinski definition) is 4. The van der Waals surface area contributed by atoms with Crippen LogP contribution in [0.2, 0.25) is 0 Å². The molecule has 4 heterocycles. The molecule has 1 aliphatic heterocycles. The van der Waals surface area contributed by atoms with Crippen molar-refractivity contribution < 1.29 is 9.18 Å². The van der Waals surface area contributed by atoms with Gasteiger partial charge in [-0.3, -0.25) is 9.78 Å². The number of anilines is 1. The maximum absolute atomic E-state index is 14.0. The molecule has 0 unspecified atom stereocenters. The molecule has 9 heteroatoms. The molecule has 4 aromatic rings. The fourth-order valence-electron chi connectivity index (χ4n) is 4.41. The first-order valence-corrected chi connectivity index (χ1v) is 12.0. The van der Waals surface area contributed by atoms with Crippen LogP contribution >= 0.6 is 12.2 Å². The van der Waals surface area contributed by atoms with Crippen molar-refractivity contribution in [3.05, 3.63) is 108 Å². The highest BCUT2D eigenvalue weighted by Gasteiger charge is 2.41. The van der Waals surface area contributed by atoms with Crippen LogP contribution in [0.5, 0.6) is 0 Å². The third-order valence-corrected chi connectivity index (χ3v) is 6.50. The van der Waals surface area contributed by atoms with Crippen LogP contribution in [0, 0.1) is 12.7 Å². The Kier molecular flexibility index (Phi) is 6.73. The van der Waals surface area contributed by atoms with Crippen LogP contribution < -0.4 is 10.6 Å². The summed E-state index contributed by atoms with van der Waals surface area (Å²) in [4.78, 5) is 23.9. The Hall–Kier alpha value is -4.11. The monoisotopic (exact) mass is 500 g/mol. The molecule has 1 aliphatic rings. The average molecular weight is 501 g/mol. The average Bonchev–Trinajstić information content (AvgIpc) is 3.49. The Morgan fingerprint density at radius 1 is 1.08 bits per heavy atom. The molecule has 0 spiro atoms. The molecule has 7 nitrogen and oxygen atoms in total. The zero-order valence-electron chi connectivity index (χ0n) is 19.6. The van der Waals surface area contributed by atoms with Gasteiger partial charge in [-0.1, -0.05) is 24.3 Å². The minimum absolute atomic E-state index is 0.130. The molecule has 0 radical (unpaired) electrons. The van der Waals surface area contributed by atoms with Crippen molar-refractivity contribution in [1.82, 2.24) is 24.8 Å². The number of rotatable bonds is 7. The highest BCUT2D eigenvalue weighted by Crippen LogP contribution is 2.39. The van der Waals surface area contributed by atoms with Crippen LogP contribution in [0.4, 0.5) is 10.1 Å². The number of nitrogens with zero attached hydrogens (tertiary/aromatic N) is 4. The van der Waals surface area contributed by atoms with E-state index in [-0.39, 0.29) is 30.1 Å². The van der Waals surface area contributed by atoms with Crippen molar-refractivity contribution in [2.24, 2.45) is 0 Å². The smallest absolute Gasteiger partial charge is 0.226 e. The summed E-state index contributed by atoms with van der Waals surface area (Å²) in [5.41, 5.74) is 3.04. The number of amides is 1. The van der Waals surface area contributed by atoms with E-state index < -0.39 is 5.82 Å². The lowest BCUT2D eigenvalue weighted by molar-refractivity contribution is -0.116. The van der Waals surface area contributed by atoms with Gasteiger partial charge in [-0.25, -0.2) is 9.37 Å². The number of nitrogens with one attached hydrogen (secondary N) is 2. The molecular weight excluding hydrogens is 475 g/mol. The van der Waals surface area contributed by atoms with E-state index in [4.69, 9.17) is 12.2 Å². The van der Waals surface area contributed by atoms with Crippen LogP contribution in [-0.4, -0.2) is 37.0 Å². The molecule has 2 N–H and O–H groups in total. The van der Waals surface area contributed by atoms with E-state index in [2.05, 4.69) is 20.6 Å². The summed E-state index contributed by atoms with van der Waals surface area (Å²) in [6.45, 7) is 2.34. The first-order chi connectivity index (χ1) is 17.5. The zero-order valence-corrected chi connectivity index (χ0v) is 20.5. The third-order valence-electron chi connectivity index (χ3n) is 6.15. The standard InChI is InChI=1S/C27H25FN6OS/c1-18-11-12-23(30-17-18)33-15-6-10-22(33)26-25(21-9-4-5-14-29-21)32-27(36)34(26)16-13-24(35)31-20-8-3-2-7-19(20)28/h2-12,14-15,17,25-26H,13,16H2,1H3,(H,31,35)(H,32,36)/t25-,26+/m0/s1. The van der Waals surface area contributed by atoms with E-state index >= 15 is 0 Å². The second-order valence-corrected chi connectivity index (χ2v) is 8.98. The van der Waals surface area contributed by atoms with Crippen molar-refractivity contribution in [1.29, 1.82) is 0 Å². The molecular formula is C27H25FN6OS. The molecule has 5 rings (SSSR count). The number of carbonyl (C=O) groups is 1. The second-order valence-electron chi connectivity index (χ2n) is 8.59. The van der Waals surface area contributed by atoms with Gasteiger partial charge < -0.3 is 20.1 Å². The lowest BCUT2D eigenvalue weighted by atomic mass is 10.0. The molecule has 0 saturated carbocycles. The SMILES string of the molecule is Cc1ccc(-n2cccc2[C@@H]2[C@H](c3ccccn3)NC(=S)N2CCC(=O)Nc2ccccc2F)nc1. The number of aromatic nitrogens is 3. The van der Waals surface area contributed by atoms with Crippen LogP contribution in [0.1, 0.15) is 35.5 Å². The van der Waals surface area contributed by atoms with Gasteiger partial charge in [0.1, 0.15) is 11.6 Å². The molecule has 2 atom stereocenters. The Morgan fingerprint density at radius 3 is 2.67 bits per heavy atom. The lowest BCUT2D eigenvalue weighted by Crippen LogP contribution is -2.33. The quantitative estimate of drug-likeness (QED) is 0.358. The Morgan fingerprint density at radius 2 is 1.92 bits per heavy atom. The van der Waals surface area contributed by atoms with E-state index in [1.54, 1.807) is 18.3 Å². The zero-order chi connectivity index (χ0) is 25.1. The molecule has 1 aromatic carbocycles. The maximum atomic E-state index is 14.0. The van der Waals surface area contributed by atoms with Crippen molar-refractivity contribution in [3.8, 4) is 5.82 Å². The van der Waals surface area contributed by atoms with E-state index in [1.165, 1.54) is 12.1 Å². The summed E-state index contributed by atoms with van der Waals surface area (Å²) in [6, 6.07) is 19.4. The van der Waals surface area contributed by atoms with Gasteiger partial charge in [0.2, 0.25) is 5.91 Å². The van der Waals surface area contributed by atoms with Crippen LogP contribution in [-0.2, 0) is 4.79 Å². The Labute approximate surface area is 214 Å². The second kappa shape index (κ2) is 10.2. The summed E-state index contributed by atoms with van der Waals surface area (Å²) in [5, 5.41) is 6.58. The number of carbonyl (C=O) groups excluding carboxylic acids is 1. The summed E-state index contributed by atoms with van der Waals surface area (Å²) >= 11 is 5.72. The molecule has 1 amide bonds. The fraction of sp³-hybridized carbons (Fsp3) is 0.185. The first kappa shape index (κ1) is 23.6. The predicted octanol–water partition coefficient (Wildman–Crippen LogP) is 4.72. The summed E-state index contributed by atoms with van der Waals surface area (Å²) in [6.07, 6.45) is 5.68. The Balaban J connectivity index is 1.44. The lowest BCUT2D eigenvalue weighted by Gasteiger charge is -2.28. The number of aryl methyl sites for hydroxylation is 1. The number of benzene rings is 1. The normalized spacial score (nSPS) is 17.2. The van der Waals surface area contributed by atoms with Crippen LogP contribution in [0.15, 0.2) is 85.3 Å². The number of thiocarbonyl (C=S) groups is 1. The maximum Gasteiger partial charge on any atom is 0.226 e. The number of halogens is 1. The summed E-state index contributed by atoms with van der Waals surface area (Å²) in [5.74, 6) is 0.0229. The molecule has 182 valence electrons. The van der Waals surface area contributed by atoms with Gasteiger partial charge in [-0.15, -0.1) is 0 Å². The van der Waals surface area contributed by atoms with Crippen LogP contribution in [0.3, 0.4) is 0 Å². The van der Waals surface area contributed by atoms with E-state index in [0.29, 0.717) is 11.7 Å². The fourth-order valence-corrected chi connectivity index (χ4v) is 4.74. The molecule has 1 fully saturated rings. The van der Waals surface area contributed by atoms with E-state index in [1.807, 2.05) is 71.2 Å². The molecule has 36 heavy (non-hydrogen) atoms. The highest BCUT2D eigenvalue weighted by atomic mass is 32.1. The van der Waals surface area contributed by atoms with Crippen molar-refractivity contribution in [2.45, 2.75) is 25.4 Å². The van der Waals surface area contributed by atoms with Gasteiger partial charge in [0.15, 0.2) is 5.11 Å². The minimum atomic E-state index is -0.472. The van der Waals surface area contributed by atoms with Gasteiger partial charge in [-0.2, -0.15) is 0 Å². The van der Waals surface area contributed by atoms with E-state index in [0.717, 1.165) is 22.8 Å².